The minimum absolute atomic E-state index is 0.0319. The highest BCUT2D eigenvalue weighted by atomic mass is 32.2. The Balaban J connectivity index is 1.13. The predicted molar refractivity (Wildman–Crippen MR) is 235 cm³/mol. The van der Waals surface area contributed by atoms with Crippen molar-refractivity contribution in [1.82, 2.24) is 35.2 Å². The SMILES string of the molecule is CC(C)(C)OC(=O)N[C@H]1CCCCC/C=C\C2C[C@@]2(C(=O)NS(=O)(=O)C2(C)CC2)NC(=O)[C@@H]2C[C@@H](Oc3nc4c(-c5nc(C6CCCCC6)cs5)cccc4nc3C(F)(F)F)CN2C1=O. The molecular formula is C45H56F3N7O8S2. The van der Waals surface area contributed by atoms with E-state index in [2.05, 4.69) is 25.3 Å². The maximum Gasteiger partial charge on any atom is 0.438 e. The second-order valence-electron chi connectivity index (χ2n) is 19.4. The fourth-order valence-corrected chi connectivity index (χ4v) is 11.3. The van der Waals surface area contributed by atoms with Crippen LogP contribution >= 0.6 is 11.3 Å². The van der Waals surface area contributed by atoms with Crippen LogP contribution in [0.3, 0.4) is 0 Å². The summed E-state index contributed by atoms with van der Waals surface area (Å²) >= 11 is 1.37. The number of hydrogen-bond acceptors (Lipinski definition) is 12. The molecule has 0 spiro atoms. The maximum atomic E-state index is 14.9. The van der Waals surface area contributed by atoms with Crippen molar-refractivity contribution in [3.05, 3.63) is 47.1 Å². The van der Waals surface area contributed by atoms with Gasteiger partial charge < -0.3 is 25.0 Å². The van der Waals surface area contributed by atoms with Crippen molar-refractivity contribution in [1.29, 1.82) is 0 Å². The molecule has 3 N–H and O–H groups in total. The number of carbonyl (C=O) groups is 4. The summed E-state index contributed by atoms with van der Waals surface area (Å²) < 4.78 is 83.7. The van der Waals surface area contributed by atoms with E-state index in [4.69, 9.17) is 14.5 Å². The molecule has 4 fully saturated rings. The van der Waals surface area contributed by atoms with E-state index in [0.717, 1.165) is 36.3 Å². The predicted octanol–water partition coefficient (Wildman–Crippen LogP) is 7.46. The van der Waals surface area contributed by atoms with Crippen LogP contribution in [0.15, 0.2) is 35.7 Å². The first kappa shape index (κ1) is 46.7. The monoisotopic (exact) mass is 943 g/mol. The number of thiazole rings is 1. The van der Waals surface area contributed by atoms with Gasteiger partial charge in [-0.25, -0.2) is 28.2 Å². The Hall–Kier alpha value is -4.85. The van der Waals surface area contributed by atoms with Crippen LogP contribution < -0.4 is 20.1 Å². The van der Waals surface area contributed by atoms with Crippen molar-refractivity contribution in [3.63, 3.8) is 0 Å². The van der Waals surface area contributed by atoms with Crippen LogP contribution in [0.4, 0.5) is 18.0 Å². The molecule has 5 atom stereocenters. The molecule has 3 saturated carbocycles. The summed E-state index contributed by atoms with van der Waals surface area (Å²) in [6, 6.07) is 2.10. The van der Waals surface area contributed by atoms with E-state index in [1.165, 1.54) is 30.7 Å². The van der Waals surface area contributed by atoms with Crippen LogP contribution in [-0.2, 0) is 35.3 Å². The first-order valence-electron chi connectivity index (χ1n) is 22.5. The quantitative estimate of drug-likeness (QED) is 0.190. The summed E-state index contributed by atoms with van der Waals surface area (Å²) in [6.45, 7) is 6.10. The highest BCUT2D eigenvalue weighted by Crippen LogP contribution is 2.48. The van der Waals surface area contributed by atoms with Crippen molar-refractivity contribution in [2.45, 2.75) is 164 Å². The van der Waals surface area contributed by atoms with E-state index < -0.39 is 98.1 Å². The molecule has 5 aliphatic rings. The largest absolute Gasteiger partial charge is 0.471 e. The molecule has 8 rings (SSSR count). The number of hydrogen-bond donors (Lipinski definition) is 3. The number of alkyl halides is 3. The number of nitrogens with zero attached hydrogens (tertiary/aromatic N) is 4. The minimum Gasteiger partial charge on any atom is -0.471 e. The smallest absolute Gasteiger partial charge is 0.438 e. The molecule has 2 aromatic heterocycles. The Kier molecular flexibility index (Phi) is 12.7. The van der Waals surface area contributed by atoms with Crippen molar-refractivity contribution in [2.24, 2.45) is 5.92 Å². The van der Waals surface area contributed by atoms with Gasteiger partial charge >= 0.3 is 12.3 Å². The highest BCUT2D eigenvalue weighted by molar-refractivity contribution is 7.91. The number of para-hydroxylation sites is 1. The topological polar surface area (TPSA) is 199 Å². The Labute approximate surface area is 380 Å². The summed E-state index contributed by atoms with van der Waals surface area (Å²) in [6.07, 6.45) is 4.91. The number of allylic oxidation sites excluding steroid dienone is 1. The number of sulfonamides is 1. The van der Waals surface area contributed by atoms with E-state index in [1.54, 1.807) is 39.0 Å². The summed E-state index contributed by atoms with van der Waals surface area (Å²) in [5.41, 5.74) is -2.51. The number of amides is 4. The molecule has 3 aromatic rings. The van der Waals surface area contributed by atoms with Gasteiger partial charge in [-0.1, -0.05) is 50.3 Å². The number of halogens is 3. The second kappa shape index (κ2) is 17.8. The van der Waals surface area contributed by atoms with E-state index in [0.29, 0.717) is 55.0 Å². The van der Waals surface area contributed by atoms with E-state index in [1.807, 2.05) is 11.5 Å². The molecule has 0 radical (unpaired) electrons. The van der Waals surface area contributed by atoms with Gasteiger partial charge in [0, 0.05) is 29.2 Å². The number of rotatable bonds is 8. The number of aromatic nitrogens is 3. The van der Waals surface area contributed by atoms with Gasteiger partial charge in [0.15, 0.2) is 0 Å². The lowest BCUT2D eigenvalue weighted by atomic mass is 9.87. The zero-order valence-electron chi connectivity index (χ0n) is 37.0. The minimum atomic E-state index is -5.02. The third-order valence-electron chi connectivity index (χ3n) is 13.2. The fourth-order valence-electron chi connectivity index (χ4n) is 9.05. The molecule has 0 bridgehead atoms. The van der Waals surface area contributed by atoms with E-state index in [9.17, 15) is 40.8 Å². The maximum absolute atomic E-state index is 14.9. The van der Waals surface area contributed by atoms with Gasteiger partial charge in [-0.2, -0.15) is 13.2 Å². The standard InChI is InChI=1S/C45H56F3N7O8S2/c1-42(2,3)63-41(59)51-31-18-12-7-5-6-11-16-27-23-44(27,40(58)54-65(60,61)43(4)20-21-43)53-36(56)33-22-28(24-55(33)39(31)57)62-37-35(45(46,47)48)49-30-19-13-17-29(34(30)52-37)38-50-32(25-64-38)26-14-9-8-10-15-26/h11,13,16-17,19,25-28,31,33H,5-10,12,14-15,18,20-24H2,1-4H3,(H,51,59)(H,53,56)(H,54,58)/b16-11-/t27?,28-,31+,33+,44-/m1/s1. The molecule has 3 aliphatic carbocycles. The lowest BCUT2D eigenvalue weighted by molar-refractivity contribution is -0.143. The van der Waals surface area contributed by atoms with Gasteiger partial charge in [-0.05, 0) is 91.2 Å². The number of carbonyl (C=O) groups excluding carboxylic acids is 4. The molecule has 1 saturated heterocycles. The third kappa shape index (κ3) is 10.1. The van der Waals surface area contributed by atoms with Gasteiger partial charge in [0.25, 0.3) is 5.91 Å². The summed E-state index contributed by atoms with van der Waals surface area (Å²) in [4.78, 5) is 70.8. The second-order valence-corrected chi connectivity index (χ2v) is 22.4. The molecule has 4 heterocycles. The van der Waals surface area contributed by atoms with Crippen LogP contribution in [-0.4, -0.2) is 92.7 Å². The van der Waals surface area contributed by atoms with Gasteiger partial charge in [-0.15, -0.1) is 11.3 Å². The molecule has 1 aromatic carbocycles. The van der Waals surface area contributed by atoms with Crippen molar-refractivity contribution in [2.75, 3.05) is 6.54 Å². The first-order valence-corrected chi connectivity index (χ1v) is 24.9. The molecule has 20 heteroatoms. The van der Waals surface area contributed by atoms with Crippen LogP contribution in [0.2, 0.25) is 0 Å². The summed E-state index contributed by atoms with van der Waals surface area (Å²) in [5, 5.41) is 7.96. The zero-order valence-corrected chi connectivity index (χ0v) is 38.6. The normalized spacial score (nSPS) is 27.0. The van der Waals surface area contributed by atoms with Gasteiger partial charge in [-0.3, -0.25) is 19.1 Å². The van der Waals surface area contributed by atoms with Crippen molar-refractivity contribution in [3.8, 4) is 16.5 Å². The lowest BCUT2D eigenvalue weighted by Gasteiger charge is -2.30. The molecular weight excluding hydrogens is 888 g/mol. The molecule has 2 aliphatic heterocycles. The number of alkyl carbamates (subject to hydrolysis) is 1. The highest BCUT2D eigenvalue weighted by Gasteiger charge is 2.63. The zero-order chi connectivity index (χ0) is 46.5. The van der Waals surface area contributed by atoms with Gasteiger partial charge in [0.2, 0.25) is 33.4 Å². The molecule has 1 unspecified atom stereocenters. The molecule has 65 heavy (non-hydrogen) atoms. The number of benzene rings is 1. The van der Waals surface area contributed by atoms with Gasteiger partial charge in [0.1, 0.15) is 39.9 Å². The van der Waals surface area contributed by atoms with E-state index in [-0.39, 0.29) is 30.3 Å². The number of nitrogens with one attached hydrogen (secondary N) is 3. The Morgan fingerprint density at radius 2 is 1.71 bits per heavy atom. The Morgan fingerprint density at radius 1 is 0.985 bits per heavy atom. The van der Waals surface area contributed by atoms with Crippen LogP contribution in [0.25, 0.3) is 21.6 Å². The van der Waals surface area contributed by atoms with Crippen molar-refractivity contribution >= 4 is 56.2 Å². The Morgan fingerprint density at radius 3 is 2.42 bits per heavy atom. The first-order chi connectivity index (χ1) is 30.7. The molecule has 4 amide bonds. The fraction of sp³-hybridized carbons (Fsp3) is 0.622. The van der Waals surface area contributed by atoms with Gasteiger partial charge in [0.05, 0.1) is 22.5 Å². The average molecular weight is 944 g/mol. The van der Waals surface area contributed by atoms with Crippen LogP contribution in [0.1, 0.15) is 135 Å². The number of fused-ring (bicyclic) bond motifs is 3. The molecule has 15 nitrogen and oxygen atoms in total. The van der Waals surface area contributed by atoms with Crippen LogP contribution in [0.5, 0.6) is 5.88 Å². The van der Waals surface area contributed by atoms with E-state index >= 15 is 0 Å². The van der Waals surface area contributed by atoms with Crippen LogP contribution in [0, 0.1) is 5.92 Å². The third-order valence-corrected chi connectivity index (χ3v) is 16.2. The summed E-state index contributed by atoms with van der Waals surface area (Å²) in [7, 11) is -4.11. The number of ether oxygens (including phenoxy) is 2. The average Bonchev–Trinajstić information content (AvgIpc) is 4.02. The lowest BCUT2D eigenvalue weighted by Crippen LogP contribution is -2.58. The summed E-state index contributed by atoms with van der Waals surface area (Å²) in [5.74, 6) is -3.62. The molecule has 352 valence electrons. The van der Waals surface area contributed by atoms with Crippen molar-refractivity contribution < 1.29 is 50.2 Å². The Bertz CT molecular complexity index is 2480.